The summed E-state index contributed by atoms with van der Waals surface area (Å²) in [6.07, 6.45) is -4.79. The van der Waals surface area contributed by atoms with Crippen molar-refractivity contribution in [3.8, 4) is 5.75 Å². The minimum atomic E-state index is -4.79. The minimum absolute atomic E-state index is 0.0206. The van der Waals surface area contributed by atoms with E-state index in [9.17, 15) is 18.3 Å². The zero-order chi connectivity index (χ0) is 14.2. The third-order valence-electron chi connectivity index (χ3n) is 2.99. The highest BCUT2D eigenvalue weighted by molar-refractivity contribution is 5.40. The Labute approximate surface area is 104 Å². The molecule has 1 atom stereocenters. The van der Waals surface area contributed by atoms with Gasteiger partial charge in [0.2, 0.25) is 0 Å². The number of halogens is 3. The van der Waals surface area contributed by atoms with Crippen LogP contribution in [0.25, 0.3) is 0 Å². The van der Waals surface area contributed by atoms with Gasteiger partial charge < -0.3 is 9.84 Å². The molecule has 18 heavy (non-hydrogen) atoms. The average molecular weight is 262 g/mol. The van der Waals surface area contributed by atoms with Gasteiger partial charge in [0.05, 0.1) is 7.11 Å². The zero-order valence-corrected chi connectivity index (χ0v) is 10.8. The van der Waals surface area contributed by atoms with Gasteiger partial charge in [-0.15, -0.1) is 0 Å². The van der Waals surface area contributed by atoms with Crippen LogP contribution in [0.15, 0.2) is 24.3 Å². The Morgan fingerprint density at radius 1 is 1.06 bits per heavy atom. The van der Waals surface area contributed by atoms with Crippen molar-refractivity contribution < 1.29 is 23.0 Å². The van der Waals surface area contributed by atoms with Gasteiger partial charge in [0.1, 0.15) is 5.75 Å². The van der Waals surface area contributed by atoms with Gasteiger partial charge >= 0.3 is 6.18 Å². The van der Waals surface area contributed by atoms with Crippen LogP contribution in [0.5, 0.6) is 5.75 Å². The lowest BCUT2D eigenvalue weighted by molar-refractivity contribution is -0.302. The van der Waals surface area contributed by atoms with Crippen molar-refractivity contribution >= 4 is 0 Å². The monoisotopic (exact) mass is 262 g/mol. The summed E-state index contributed by atoms with van der Waals surface area (Å²) in [7, 11) is 1.28. The highest BCUT2D eigenvalue weighted by Gasteiger charge is 2.62. The second-order valence-corrected chi connectivity index (χ2v) is 5.16. The number of methoxy groups -OCH3 is 1. The summed E-state index contributed by atoms with van der Waals surface area (Å²) in [6, 6.07) is 5.64. The van der Waals surface area contributed by atoms with Gasteiger partial charge in [-0.25, -0.2) is 0 Å². The second-order valence-electron chi connectivity index (χ2n) is 5.16. The topological polar surface area (TPSA) is 29.5 Å². The summed E-state index contributed by atoms with van der Waals surface area (Å²) >= 11 is 0. The maximum absolute atomic E-state index is 13.3. The lowest BCUT2D eigenvalue weighted by atomic mass is 9.71. The molecule has 0 saturated heterocycles. The summed E-state index contributed by atoms with van der Waals surface area (Å²) in [5.74, 6) is 0.0206. The van der Waals surface area contributed by atoms with Gasteiger partial charge in [-0.3, -0.25) is 0 Å². The Morgan fingerprint density at radius 3 is 1.94 bits per heavy atom. The Kier molecular flexibility index (Phi) is 3.68. The van der Waals surface area contributed by atoms with E-state index in [-0.39, 0.29) is 11.3 Å². The van der Waals surface area contributed by atoms with Crippen molar-refractivity contribution in [2.24, 2.45) is 5.41 Å². The molecule has 1 aromatic carbocycles. The predicted octanol–water partition coefficient (Wildman–Crippen LogP) is 3.49. The first-order valence-corrected chi connectivity index (χ1v) is 5.48. The summed E-state index contributed by atoms with van der Waals surface area (Å²) in [5, 5.41) is 10.3. The van der Waals surface area contributed by atoms with Crippen molar-refractivity contribution in [1.82, 2.24) is 0 Å². The molecule has 1 rings (SSSR count). The molecule has 1 N–H and O–H groups in total. The van der Waals surface area contributed by atoms with E-state index in [0.717, 1.165) is 0 Å². The van der Waals surface area contributed by atoms with Crippen LogP contribution in [0.2, 0.25) is 0 Å². The van der Waals surface area contributed by atoms with Crippen LogP contribution in [0.3, 0.4) is 0 Å². The molecule has 0 fully saturated rings. The fourth-order valence-corrected chi connectivity index (χ4v) is 1.93. The first-order valence-electron chi connectivity index (χ1n) is 5.48. The van der Waals surface area contributed by atoms with E-state index in [1.54, 1.807) is 6.07 Å². The van der Waals surface area contributed by atoms with Crippen LogP contribution in [0.1, 0.15) is 26.3 Å². The summed E-state index contributed by atoms with van der Waals surface area (Å²) in [5.41, 5.74) is -4.65. The van der Waals surface area contributed by atoms with E-state index in [1.165, 1.54) is 46.1 Å². The molecule has 0 radical (unpaired) electrons. The summed E-state index contributed by atoms with van der Waals surface area (Å²) in [4.78, 5) is 0. The van der Waals surface area contributed by atoms with Crippen LogP contribution < -0.4 is 4.74 Å². The molecule has 0 aliphatic carbocycles. The van der Waals surface area contributed by atoms with Crippen LogP contribution in [-0.4, -0.2) is 18.4 Å². The maximum atomic E-state index is 13.3. The van der Waals surface area contributed by atoms with Crippen molar-refractivity contribution in [3.05, 3.63) is 29.8 Å². The Hall–Kier alpha value is -1.23. The molecule has 0 aromatic heterocycles. The molecule has 0 amide bonds. The van der Waals surface area contributed by atoms with Crippen LogP contribution in [0.4, 0.5) is 13.2 Å². The number of aliphatic hydroxyl groups is 1. The number of hydrogen-bond donors (Lipinski definition) is 1. The highest BCUT2D eigenvalue weighted by Crippen LogP contribution is 2.52. The fourth-order valence-electron chi connectivity index (χ4n) is 1.93. The molecule has 1 unspecified atom stereocenters. The normalized spacial score (nSPS) is 16.2. The van der Waals surface area contributed by atoms with Gasteiger partial charge in [0.25, 0.3) is 0 Å². The van der Waals surface area contributed by atoms with Gasteiger partial charge in [-0.1, -0.05) is 39.0 Å². The van der Waals surface area contributed by atoms with Crippen LogP contribution in [-0.2, 0) is 5.60 Å². The molecular formula is C13H17F3O2. The van der Waals surface area contributed by atoms with Crippen LogP contribution >= 0.6 is 0 Å². The zero-order valence-electron chi connectivity index (χ0n) is 10.8. The Balaban J connectivity index is 3.56. The van der Waals surface area contributed by atoms with E-state index in [0.29, 0.717) is 0 Å². The molecule has 102 valence electrons. The SMILES string of the molecule is COc1ccccc1C(O)(C(C)(C)C)C(F)(F)F. The number of ether oxygens (including phenoxy) is 1. The third kappa shape index (κ3) is 2.19. The van der Waals surface area contributed by atoms with Gasteiger partial charge in [-0.05, 0) is 6.07 Å². The number of benzene rings is 1. The molecule has 2 nitrogen and oxygen atoms in total. The molecule has 0 spiro atoms. The molecular weight excluding hydrogens is 245 g/mol. The first kappa shape index (κ1) is 14.8. The van der Waals surface area contributed by atoms with Crippen LogP contribution in [0, 0.1) is 5.41 Å². The molecule has 0 aliphatic heterocycles. The quantitative estimate of drug-likeness (QED) is 0.884. The highest BCUT2D eigenvalue weighted by atomic mass is 19.4. The number of hydrogen-bond acceptors (Lipinski definition) is 2. The van der Waals surface area contributed by atoms with E-state index < -0.39 is 17.2 Å². The van der Waals surface area contributed by atoms with Crippen molar-refractivity contribution in [1.29, 1.82) is 0 Å². The number of alkyl halides is 3. The molecule has 0 bridgehead atoms. The maximum Gasteiger partial charge on any atom is 0.422 e. The first-order chi connectivity index (χ1) is 8.05. The standard InChI is InChI=1S/C13H17F3O2/c1-11(2,3)12(17,13(14,15)16)9-7-5-6-8-10(9)18-4/h5-8,17H,1-4H3. The second kappa shape index (κ2) is 4.46. The molecule has 0 aliphatic rings. The lowest BCUT2D eigenvalue weighted by Gasteiger charge is -2.42. The van der Waals surface area contributed by atoms with E-state index in [1.807, 2.05) is 0 Å². The van der Waals surface area contributed by atoms with E-state index >= 15 is 0 Å². The third-order valence-corrected chi connectivity index (χ3v) is 2.99. The molecule has 0 saturated carbocycles. The van der Waals surface area contributed by atoms with Gasteiger partial charge in [-0.2, -0.15) is 13.2 Å². The smallest absolute Gasteiger partial charge is 0.422 e. The Morgan fingerprint density at radius 2 is 1.56 bits per heavy atom. The number of rotatable bonds is 2. The molecule has 1 aromatic rings. The van der Waals surface area contributed by atoms with Crippen molar-refractivity contribution in [2.75, 3.05) is 7.11 Å². The van der Waals surface area contributed by atoms with Gasteiger partial charge in [0.15, 0.2) is 5.60 Å². The number of para-hydroxylation sites is 1. The molecule has 5 heteroatoms. The minimum Gasteiger partial charge on any atom is -0.496 e. The summed E-state index contributed by atoms with van der Waals surface area (Å²) < 4.78 is 44.8. The lowest BCUT2D eigenvalue weighted by Crippen LogP contribution is -2.52. The van der Waals surface area contributed by atoms with Crippen molar-refractivity contribution in [2.45, 2.75) is 32.5 Å². The fraction of sp³-hybridized carbons (Fsp3) is 0.538. The largest absolute Gasteiger partial charge is 0.496 e. The van der Waals surface area contributed by atoms with Gasteiger partial charge in [0, 0.05) is 11.0 Å². The van der Waals surface area contributed by atoms with E-state index in [2.05, 4.69) is 0 Å². The van der Waals surface area contributed by atoms with E-state index in [4.69, 9.17) is 4.74 Å². The summed E-state index contributed by atoms with van der Waals surface area (Å²) in [6.45, 7) is 4.02. The predicted molar refractivity (Wildman–Crippen MR) is 62.4 cm³/mol. The molecule has 0 heterocycles. The Bertz CT molecular complexity index is 405. The van der Waals surface area contributed by atoms with Crippen molar-refractivity contribution in [3.63, 3.8) is 0 Å². The average Bonchev–Trinajstić information content (AvgIpc) is 2.24.